The van der Waals surface area contributed by atoms with Gasteiger partial charge in [-0.25, -0.2) is 0 Å². The molecule has 0 saturated heterocycles. The molecule has 15 heavy (non-hydrogen) atoms. The summed E-state index contributed by atoms with van der Waals surface area (Å²) in [6.07, 6.45) is 0.763. The smallest absolute Gasteiger partial charge is 0.330 e. The van der Waals surface area contributed by atoms with E-state index in [1.165, 1.54) is 6.92 Å². The van der Waals surface area contributed by atoms with Crippen LogP contribution in [0.1, 0.15) is 27.2 Å². The standard InChI is InChI=1S/C9H19O5P/c1-4-13-15(11,14-5-2)8-6-7-12-9(3)10/h4-8H2,1-3H3. The second-order valence-electron chi connectivity index (χ2n) is 2.86. The third-order valence-electron chi connectivity index (χ3n) is 1.53. The molecule has 0 aliphatic heterocycles. The number of esters is 1. The van der Waals surface area contributed by atoms with Gasteiger partial charge in [0.05, 0.1) is 26.0 Å². The van der Waals surface area contributed by atoms with Gasteiger partial charge in [-0.05, 0) is 20.3 Å². The van der Waals surface area contributed by atoms with Crippen molar-refractivity contribution < 1.29 is 23.1 Å². The van der Waals surface area contributed by atoms with Gasteiger partial charge in [-0.1, -0.05) is 0 Å². The molecular formula is C9H19O5P. The lowest BCUT2D eigenvalue weighted by atomic mass is 10.5. The summed E-state index contributed by atoms with van der Waals surface area (Å²) in [6, 6.07) is 0. The van der Waals surface area contributed by atoms with Gasteiger partial charge in [0.25, 0.3) is 0 Å². The number of ether oxygens (including phenoxy) is 1. The molecule has 0 atom stereocenters. The molecule has 0 heterocycles. The maximum Gasteiger partial charge on any atom is 0.330 e. The van der Waals surface area contributed by atoms with Gasteiger partial charge in [0.2, 0.25) is 0 Å². The zero-order chi connectivity index (χ0) is 11.7. The molecular weight excluding hydrogens is 219 g/mol. The van der Waals surface area contributed by atoms with Gasteiger partial charge in [0.15, 0.2) is 0 Å². The quantitative estimate of drug-likeness (QED) is 0.368. The Bertz CT molecular complexity index is 219. The molecule has 0 aliphatic rings. The minimum atomic E-state index is -2.97. The predicted octanol–water partition coefficient (Wildman–Crippen LogP) is 2.21. The molecule has 0 unspecified atom stereocenters. The highest BCUT2D eigenvalue weighted by atomic mass is 31.2. The summed E-state index contributed by atoms with van der Waals surface area (Å²) in [5, 5.41) is 0. The van der Waals surface area contributed by atoms with Crippen molar-refractivity contribution >= 4 is 13.6 Å². The Morgan fingerprint density at radius 3 is 2.13 bits per heavy atom. The molecule has 0 N–H and O–H groups in total. The van der Waals surface area contributed by atoms with Crippen molar-refractivity contribution in [2.24, 2.45) is 0 Å². The van der Waals surface area contributed by atoms with Crippen LogP contribution < -0.4 is 0 Å². The molecule has 0 aromatic rings. The van der Waals surface area contributed by atoms with Crippen LogP contribution in [0.4, 0.5) is 0 Å². The van der Waals surface area contributed by atoms with E-state index in [1.54, 1.807) is 13.8 Å². The van der Waals surface area contributed by atoms with Crippen molar-refractivity contribution in [2.45, 2.75) is 27.2 Å². The summed E-state index contributed by atoms with van der Waals surface area (Å²) in [7, 11) is -2.97. The number of carbonyl (C=O) groups is 1. The third kappa shape index (κ3) is 7.54. The largest absolute Gasteiger partial charge is 0.466 e. The Morgan fingerprint density at radius 2 is 1.73 bits per heavy atom. The highest BCUT2D eigenvalue weighted by Crippen LogP contribution is 2.48. The first-order valence-corrected chi connectivity index (χ1v) is 6.78. The van der Waals surface area contributed by atoms with E-state index < -0.39 is 7.60 Å². The Hall–Kier alpha value is -0.380. The van der Waals surface area contributed by atoms with Gasteiger partial charge in [0, 0.05) is 6.92 Å². The first-order chi connectivity index (χ1) is 7.04. The Morgan fingerprint density at radius 1 is 1.20 bits per heavy atom. The van der Waals surface area contributed by atoms with Gasteiger partial charge >= 0.3 is 13.6 Å². The maximum absolute atomic E-state index is 11.9. The van der Waals surface area contributed by atoms with Gasteiger partial charge in [-0.3, -0.25) is 9.36 Å². The van der Waals surface area contributed by atoms with Crippen LogP contribution >= 0.6 is 7.60 Å². The number of hydrogen-bond acceptors (Lipinski definition) is 5. The predicted molar refractivity (Wildman–Crippen MR) is 57.0 cm³/mol. The lowest BCUT2D eigenvalue weighted by Crippen LogP contribution is -2.05. The SMILES string of the molecule is CCOP(=O)(CCCOC(C)=O)OCC. The number of hydrogen-bond donors (Lipinski definition) is 0. The van der Waals surface area contributed by atoms with E-state index in [2.05, 4.69) is 0 Å². The Kier molecular flexibility index (Phi) is 7.65. The fourth-order valence-corrected chi connectivity index (χ4v) is 2.67. The summed E-state index contributed by atoms with van der Waals surface area (Å²) in [4.78, 5) is 10.5. The summed E-state index contributed by atoms with van der Waals surface area (Å²) in [5.41, 5.74) is 0. The van der Waals surface area contributed by atoms with Gasteiger partial charge in [-0.15, -0.1) is 0 Å². The monoisotopic (exact) mass is 238 g/mol. The summed E-state index contributed by atoms with van der Waals surface area (Å²) in [6.45, 7) is 5.81. The van der Waals surface area contributed by atoms with Crippen LogP contribution in [0.2, 0.25) is 0 Å². The van der Waals surface area contributed by atoms with Crippen molar-refractivity contribution in [1.29, 1.82) is 0 Å². The van der Waals surface area contributed by atoms with E-state index in [-0.39, 0.29) is 18.7 Å². The molecule has 0 aromatic carbocycles. The third-order valence-corrected chi connectivity index (χ3v) is 3.70. The van der Waals surface area contributed by atoms with Crippen LogP contribution in [-0.4, -0.2) is 32.0 Å². The zero-order valence-electron chi connectivity index (χ0n) is 9.52. The lowest BCUT2D eigenvalue weighted by molar-refractivity contribution is -0.140. The maximum atomic E-state index is 11.9. The molecule has 0 aromatic heterocycles. The van der Waals surface area contributed by atoms with Gasteiger partial charge in [0.1, 0.15) is 0 Å². The minimum Gasteiger partial charge on any atom is -0.466 e. The van der Waals surface area contributed by atoms with Crippen LogP contribution in [0.3, 0.4) is 0 Å². The Labute approximate surface area is 90.6 Å². The first kappa shape index (κ1) is 14.6. The van der Waals surface area contributed by atoms with Crippen molar-refractivity contribution in [1.82, 2.24) is 0 Å². The zero-order valence-corrected chi connectivity index (χ0v) is 10.4. The van der Waals surface area contributed by atoms with Gasteiger partial charge < -0.3 is 13.8 Å². The average molecular weight is 238 g/mol. The second-order valence-corrected chi connectivity index (χ2v) is 5.05. The molecule has 0 radical (unpaired) electrons. The molecule has 0 spiro atoms. The summed E-state index contributed by atoms with van der Waals surface area (Å²) < 4.78 is 26.7. The van der Waals surface area contributed by atoms with Crippen LogP contribution in [0.15, 0.2) is 0 Å². The minimum absolute atomic E-state index is 0.249. The van der Waals surface area contributed by atoms with E-state index >= 15 is 0 Å². The van der Waals surface area contributed by atoms with E-state index in [9.17, 15) is 9.36 Å². The average Bonchev–Trinajstić information content (AvgIpc) is 2.13. The number of carbonyl (C=O) groups excluding carboxylic acids is 1. The normalized spacial score (nSPS) is 11.4. The second kappa shape index (κ2) is 7.85. The summed E-state index contributed by atoms with van der Waals surface area (Å²) in [5.74, 6) is -0.336. The van der Waals surface area contributed by atoms with Crippen LogP contribution in [0, 0.1) is 0 Å². The van der Waals surface area contributed by atoms with E-state index in [0.717, 1.165) is 0 Å². The van der Waals surface area contributed by atoms with E-state index in [4.69, 9.17) is 13.8 Å². The molecule has 90 valence electrons. The molecule has 0 saturated carbocycles. The number of rotatable bonds is 8. The lowest BCUT2D eigenvalue weighted by Gasteiger charge is -2.16. The van der Waals surface area contributed by atoms with E-state index in [0.29, 0.717) is 19.6 Å². The van der Waals surface area contributed by atoms with Crippen molar-refractivity contribution in [2.75, 3.05) is 26.0 Å². The highest BCUT2D eigenvalue weighted by molar-refractivity contribution is 7.53. The Balaban J connectivity index is 3.85. The van der Waals surface area contributed by atoms with Crippen molar-refractivity contribution in [3.05, 3.63) is 0 Å². The van der Waals surface area contributed by atoms with Crippen LogP contribution in [0.5, 0.6) is 0 Å². The van der Waals surface area contributed by atoms with Gasteiger partial charge in [-0.2, -0.15) is 0 Å². The molecule has 5 nitrogen and oxygen atoms in total. The summed E-state index contributed by atoms with van der Waals surface area (Å²) >= 11 is 0. The van der Waals surface area contributed by atoms with Crippen LogP contribution in [0.25, 0.3) is 0 Å². The van der Waals surface area contributed by atoms with Crippen LogP contribution in [-0.2, 0) is 23.1 Å². The van der Waals surface area contributed by atoms with E-state index in [1.807, 2.05) is 0 Å². The molecule has 0 fully saturated rings. The molecule has 0 rings (SSSR count). The fraction of sp³-hybridized carbons (Fsp3) is 0.889. The molecule has 6 heteroatoms. The molecule has 0 aliphatic carbocycles. The highest BCUT2D eigenvalue weighted by Gasteiger charge is 2.22. The van der Waals surface area contributed by atoms with Crippen molar-refractivity contribution in [3.63, 3.8) is 0 Å². The first-order valence-electron chi connectivity index (χ1n) is 5.05. The molecule has 0 bridgehead atoms. The van der Waals surface area contributed by atoms with Crippen molar-refractivity contribution in [3.8, 4) is 0 Å². The fourth-order valence-electron chi connectivity index (χ4n) is 1.03. The topological polar surface area (TPSA) is 61.8 Å². The molecule has 0 amide bonds.